The molecule has 0 unspecified atom stereocenters. The summed E-state index contributed by atoms with van der Waals surface area (Å²) in [5, 5.41) is 5.19. The first-order valence-electron chi connectivity index (χ1n) is 18.2. The molecule has 5 aromatic carbocycles. The fourth-order valence-electron chi connectivity index (χ4n) is 6.51. The van der Waals surface area contributed by atoms with Gasteiger partial charge in [0, 0.05) is 0 Å². The van der Waals surface area contributed by atoms with Crippen LogP contribution in [0.5, 0.6) is 0 Å². The molecule has 0 saturated carbocycles. The molecule has 0 spiro atoms. The van der Waals surface area contributed by atoms with E-state index in [1.165, 1.54) is 145 Å². The molecule has 0 aromatic heterocycles. The van der Waals surface area contributed by atoms with Gasteiger partial charge >= 0.3 is 0 Å². The smallest absolute Gasteiger partial charge is 0.0105 e. The molecule has 0 heteroatoms. The second-order valence-corrected chi connectivity index (χ2v) is 13.2. The SMILES string of the molecule is CCCCCCCCc1ccc(C=Cc2ccc3c(ccc4cc(C=Cc5ccc(CCCCCCCC)cc5)ccc43)c2)cc1. The number of benzene rings is 5. The molecule has 0 N–H and O–H groups in total. The summed E-state index contributed by atoms with van der Waals surface area (Å²) in [6.07, 6.45) is 27.6. The number of fused-ring (bicyclic) bond motifs is 3. The van der Waals surface area contributed by atoms with E-state index in [0.717, 1.165) is 0 Å². The molecular formula is C46H54. The molecule has 0 aliphatic heterocycles. The summed E-state index contributed by atoms with van der Waals surface area (Å²) < 4.78 is 0. The minimum Gasteiger partial charge on any atom is -0.0654 e. The third-order valence-electron chi connectivity index (χ3n) is 9.42. The maximum atomic E-state index is 2.31. The second kappa shape index (κ2) is 18.3. The van der Waals surface area contributed by atoms with E-state index in [1.807, 2.05) is 0 Å². The summed E-state index contributed by atoms with van der Waals surface area (Å²) >= 11 is 0. The number of hydrogen-bond donors (Lipinski definition) is 0. The van der Waals surface area contributed by atoms with Crippen LogP contribution in [0.3, 0.4) is 0 Å². The first-order valence-corrected chi connectivity index (χ1v) is 18.2. The Bertz CT molecular complexity index is 1550. The van der Waals surface area contributed by atoms with E-state index in [-0.39, 0.29) is 0 Å². The summed E-state index contributed by atoms with van der Waals surface area (Å²) in [6.45, 7) is 4.56. The van der Waals surface area contributed by atoms with E-state index in [1.54, 1.807) is 0 Å². The van der Waals surface area contributed by atoms with Gasteiger partial charge in [-0.05, 0) is 92.7 Å². The van der Waals surface area contributed by atoms with Crippen molar-refractivity contribution >= 4 is 45.8 Å². The van der Waals surface area contributed by atoms with Gasteiger partial charge in [0.15, 0.2) is 0 Å². The monoisotopic (exact) mass is 606 g/mol. The standard InChI is InChI=1S/C46H54/c1-3-5-7-9-11-13-15-37-17-21-39(22-18-37)25-27-41-29-33-45-43(35-41)31-32-44-36-42(30-34-46(44)45)28-26-40-23-19-38(20-24-40)16-14-12-10-8-6-4-2/h17-36H,3-16H2,1-2H3. The van der Waals surface area contributed by atoms with Gasteiger partial charge in [0.2, 0.25) is 0 Å². The first-order chi connectivity index (χ1) is 22.7. The lowest BCUT2D eigenvalue weighted by molar-refractivity contribution is 0.607. The summed E-state index contributed by atoms with van der Waals surface area (Å²) in [6, 6.07) is 36.4. The maximum absolute atomic E-state index is 2.31. The van der Waals surface area contributed by atoms with Gasteiger partial charge in [-0.3, -0.25) is 0 Å². The Balaban J connectivity index is 1.15. The molecule has 46 heavy (non-hydrogen) atoms. The molecular weight excluding hydrogens is 553 g/mol. The molecule has 0 saturated heterocycles. The lowest BCUT2D eigenvalue weighted by atomic mass is 9.98. The van der Waals surface area contributed by atoms with Crippen LogP contribution < -0.4 is 0 Å². The number of rotatable bonds is 18. The van der Waals surface area contributed by atoms with Crippen molar-refractivity contribution in [1.82, 2.24) is 0 Å². The molecule has 0 heterocycles. The molecule has 0 nitrogen and oxygen atoms in total. The summed E-state index contributed by atoms with van der Waals surface area (Å²) in [7, 11) is 0. The molecule has 238 valence electrons. The maximum Gasteiger partial charge on any atom is -0.0105 e. The van der Waals surface area contributed by atoms with Crippen LogP contribution in [0.15, 0.2) is 97.1 Å². The highest BCUT2D eigenvalue weighted by Gasteiger charge is 2.03. The van der Waals surface area contributed by atoms with Crippen molar-refractivity contribution in [3.05, 3.63) is 130 Å². The number of hydrogen-bond acceptors (Lipinski definition) is 0. The Labute approximate surface area is 279 Å². The third kappa shape index (κ3) is 10.3. The molecule has 0 aliphatic carbocycles. The molecule has 0 aliphatic rings. The molecule has 0 amide bonds. The normalized spacial score (nSPS) is 11.9. The zero-order chi connectivity index (χ0) is 31.8. The van der Waals surface area contributed by atoms with Crippen LogP contribution in [0.25, 0.3) is 45.8 Å². The number of unbranched alkanes of at least 4 members (excludes halogenated alkanes) is 10. The Kier molecular flexibility index (Phi) is 13.3. The van der Waals surface area contributed by atoms with Crippen molar-refractivity contribution in [2.75, 3.05) is 0 Å². The highest BCUT2D eigenvalue weighted by atomic mass is 14.1. The fraction of sp³-hybridized carbons (Fsp3) is 0.348. The van der Waals surface area contributed by atoms with E-state index < -0.39 is 0 Å². The van der Waals surface area contributed by atoms with Crippen LogP contribution >= 0.6 is 0 Å². The largest absolute Gasteiger partial charge is 0.0654 e. The van der Waals surface area contributed by atoms with Crippen molar-refractivity contribution in [1.29, 1.82) is 0 Å². The Morgan fingerprint density at radius 2 is 0.696 bits per heavy atom. The minimum atomic E-state index is 1.19. The molecule has 5 rings (SSSR count). The lowest BCUT2D eigenvalue weighted by Gasteiger charge is -2.07. The molecule has 5 aromatic rings. The lowest BCUT2D eigenvalue weighted by Crippen LogP contribution is -1.86. The quantitative estimate of drug-likeness (QED) is 0.0529. The van der Waals surface area contributed by atoms with Crippen molar-refractivity contribution in [3.8, 4) is 0 Å². The highest BCUT2D eigenvalue weighted by molar-refractivity contribution is 6.08. The van der Waals surface area contributed by atoms with Gasteiger partial charge in [0.25, 0.3) is 0 Å². The van der Waals surface area contributed by atoms with E-state index in [4.69, 9.17) is 0 Å². The highest BCUT2D eigenvalue weighted by Crippen LogP contribution is 2.28. The summed E-state index contributed by atoms with van der Waals surface area (Å²) in [5.41, 5.74) is 7.90. The van der Waals surface area contributed by atoms with Crippen molar-refractivity contribution in [2.45, 2.75) is 104 Å². The number of aryl methyl sites for hydroxylation is 2. The molecule has 0 atom stereocenters. The van der Waals surface area contributed by atoms with Crippen LogP contribution in [0.4, 0.5) is 0 Å². The van der Waals surface area contributed by atoms with Crippen molar-refractivity contribution in [3.63, 3.8) is 0 Å². The van der Waals surface area contributed by atoms with Gasteiger partial charge in [-0.25, -0.2) is 0 Å². The summed E-state index contributed by atoms with van der Waals surface area (Å²) in [5.74, 6) is 0. The minimum absolute atomic E-state index is 1.19. The molecule has 0 radical (unpaired) electrons. The Hall–Kier alpha value is -3.90. The van der Waals surface area contributed by atoms with Crippen LogP contribution in [-0.2, 0) is 12.8 Å². The van der Waals surface area contributed by atoms with Gasteiger partial charge in [0.05, 0.1) is 0 Å². The fourth-order valence-corrected chi connectivity index (χ4v) is 6.51. The molecule has 0 bridgehead atoms. The van der Waals surface area contributed by atoms with Crippen LogP contribution in [-0.4, -0.2) is 0 Å². The zero-order valence-electron chi connectivity index (χ0n) is 28.4. The summed E-state index contributed by atoms with van der Waals surface area (Å²) in [4.78, 5) is 0. The van der Waals surface area contributed by atoms with Crippen molar-refractivity contribution < 1.29 is 0 Å². The predicted octanol–water partition coefficient (Wildman–Crippen LogP) is 14.1. The Morgan fingerprint density at radius 3 is 1.11 bits per heavy atom. The van der Waals surface area contributed by atoms with Gasteiger partial charge in [0.1, 0.15) is 0 Å². The van der Waals surface area contributed by atoms with Crippen LogP contribution in [0, 0.1) is 0 Å². The van der Waals surface area contributed by atoms with Gasteiger partial charge in [-0.1, -0.05) is 187 Å². The zero-order valence-corrected chi connectivity index (χ0v) is 28.4. The average Bonchev–Trinajstić information content (AvgIpc) is 3.10. The Morgan fingerprint density at radius 1 is 0.348 bits per heavy atom. The average molecular weight is 607 g/mol. The van der Waals surface area contributed by atoms with Crippen LogP contribution in [0.2, 0.25) is 0 Å². The third-order valence-corrected chi connectivity index (χ3v) is 9.42. The predicted molar refractivity (Wildman–Crippen MR) is 206 cm³/mol. The van der Waals surface area contributed by atoms with Crippen molar-refractivity contribution in [2.24, 2.45) is 0 Å². The topological polar surface area (TPSA) is 0 Å². The second-order valence-electron chi connectivity index (χ2n) is 13.2. The van der Waals surface area contributed by atoms with E-state index >= 15 is 0 Å². The van der Waals surface area contributed by atoms with E-state index in [0.29, 0.717) is 0 Å². The van der Waals surface area contributed by atoms with E-state index in [2.05, 4.69) is 135 Å². The van der Waals surface area contributed by atoms with E-state index in [9.17, 15) is 0 Å². The van der Waals surface area contributed by atoms with Gasteiger partial charge < -0.3 is 0 Å². The van der Waals surface area contributed by atoms with Crippen LogP contribution in [0.1, 0.15) is 124 Å². The van der Waals surface area contributed by atoms with Gasteiger partial charge in [-0.2, -0.15) is 0 Å². The first kappa shape index (κ1) is 33.5. The molecule has 0 fully saturated rings. The van der Waals surface area contributed by atoms with Gasteiger partial charge in [-0.15, -0.1) is 0 Å².